The van der Waals surface area contributed by atoms with Crippen LogP contribution in [0.15, 0.2) is 35.9 Å². The number of rotatable bonds is 9. The van der Waals surface area contributed by atoms with E-state index in [1.54, 1.807) is 44.4 Å². The maximum atomic E-state index is 12.6. The van der Waals surface area contributed by atoms with Gasteiger partial charge in [0, 0.05) is 23.4 Å². The van der Waals surface area contributed by atoms with Gasteiger partial charge in [0.2, 0.25) is 0 Å². The number of nitrogens with two attached hydrogens (primary N) is 1. The lowest BCUT2D eigenvalue weighted by molar-refractivity contribution is -0.139. The largest absolute Gasteiger partial charge is 0.497 e. The zero-order valence-electron chi connectivity index (χ0n) is 18.1. The van der Waals surface area contributed by atoms with Gasteiger partial charge >= 0.3 is 12.0 Å². The molecule has 8 heteroatoms. The number of hydrogen-bond donors (Lipinski definition) is 3. The van der Waals surface area contributed by atoms with Gasteiger partial charge in [0.05, 0.1) is 32.0 Å². The molecule has 1 aromatic carbocycles. The van der Waals surface area contributed by atoms with E-state index < -0.39 is 30.2 Å². The first-order valence-electron chi connectivity index (χ1n) is 10.4. The van der Waals surface area contributed by atoms with E-state index >= 15 is 0 Å². The van der Waals surface area contributed by atoms with Crippen molar-refractivity contribution in [2.24, 2.45) is 5.73 Å². The van der Waals surface area contributed by atoms with Gasteiger partial charge in [-0.1, -0.05) is 19.9 Å². The second-order valence-corrected chi connectivity index (χ2v) is 7.18. The first-order chi connectivity index (χ1) is 14.4. The molecule has 1 aliphatic rings. The summed E-state index contributed by atoms with van der Waals surface area (Å²) >= 11 is 0. The first-order valence-corrected chi connectivity index (χ1v) is 10.4. The van der Waals surface area contributed by atoms with Crippen LogP contribution in [0.25, 0.3) is 0 Å². The number of nitrogens with one attached hydrogen (secondary N) is 2. The summed E-state index contributed by atoms with van der Waals surface area (Å²) in [5, 5.41) is 5.70. The Labute approximate surface area is 178 Å². The van der Waals surface area contributed by atoms with E-state index in [2.05, 4.69) is 10.6 Å². The molecule has 0 radical (unpaired) electrons. The molecule has 2 amide bonds. The number of ether oxygens (including phenoxy) is 3. The Morgan fingerprint density at radius 1 is 1.23 bits per heavy atom. The molecule has 0 unspecified atom stereocenters. The minimum atomic E-state index is -0.533. The number of benzene rings is 1. The van der Waals surface area contributed by atoms with Gasteiger partial charge in [-0.15, -0.1) is 0 Å². The van der Waals surface area contributed by atoms with Gasteiger partial charge in [-0.25, -0.2) is 9.59 Å². The third-order valence-corrected chi connectivity index (χ3v) is 5.06. The molecule has 0 aromatic heterocycles. The van der Waals surface area contributed by atoms with Gasteiger partial charge in [0.15, 0.2) is 0 Å². The van der Waals surface area contributed by atoms with Crippen molar-refractivity contribution in [2.75, 3.05) is 19.0 Å². The van der Waals surface area contributed by atoms with Gasteiger partial charge in [-0.2, -0.15) is 0 Å². The molecule has 166 valence electrons. The lowest BCUT2D eigenvalue weighted by atomic mass is 9.88. The molecule has 4 N–H and O–H groups in total. The highest BCUT2D eigenvalue weighted by atomic mass is 16.5. The number of amides is 2. The van der Waals surface area contributed by atoms with Crippen LogP contribution in [0, 0.1) is 0 Å². The van der Waals surface area contributed by atoms with Gasteiger partial charge < -0.3 is 30.6 Å². The molecule has 0 saturated heterocycles. The van der Waals surface area contributed by atoms with Gasteiger partial charge in [0.25, 0.3) is 0 Å². The maximum absolute atomic E-state index is 12.6. The summed E-state index contributed by atoms with van der Waals surface area (Å²) in [5.41, 5.74) is 7.42. The molecule has 30 heavy (non-hydrogen) atoms. The summed E-state index contributed by atoms with van der Waals surface area (Å²) in [4.78, 5) is 24.9. The van der Waals surface area contributed by atoms with Crippen molar-refractivity contribution in [3.63, 3.8) is 0 Å². The summed E-state index contributed by atoms with van der Waals surface area (Å²) in [6.45, 7) is 6.11. The van der Waals surface area contributed by atoms with Crippen LogP contribution in [0.3, 0.4) is 0 Å². The average Bonchev–Trinajstić information content (AvgIpc) is 2.74. The molecule has 0 bridgehead atoms. The van der Waals surface area contributed by atoms with E-state index in [0.717, 1.165) is 12.8 Å². The van der Waals surface area contributed by atoms with Crippen LogP contribution in [0.4, 0.5) is 10.5 Å². The van der Waals surface area contributed by atoms with E-state index in [4.69, 9.17) is 19.9 Å². The fourth-order valence-electron chi connectivity index (χ4n) is 3.41. The van der Waals surface area contributed by atoms with Gasteiger partial charge in [0.1, 0.15) is 5.75 Å². The predicted molar refractivity (Wildman–Crippen MR) is 115 cm³/mol. The second-order valence-electron chi connectivity index (χ2n) is 7.18. The summed E-state index contributed by atoms with van der Waals surface area (Å²) < 4.78 is 16.5. The lowest BCUT2D eigenvalue weighted by Crippen LogP contribution is -2.58. The number of esters is 1. The van der Waals surface area contributed by atoms with Crippen LogP contribution in [0.2, 0.25) is 0 Å². The minimum Gasteiger partial charge on any atom is -0.497 e. The lowest BCUT2D eigenvalue weighted by Gasteiger charge is -2.36. The van der Waals surface area contributed by atoms with E-state index in [9.17, 15) is 9.59 Å². The zero-order valence-corrected chi connectivity index (χ0v) is 18.1. The highest BCUT2D eigenvalue weighted by molar-refractivity contribution is 5.91. The molecule has 0 heterocycles. The Morgan fingerprint density at radius 3 is 2.60 bits per heavy atom. The van der Waals surface area contributed by atoms with Crippen LogP contribution in [-0.4, -0.2) is 50.0 Å². The quantitative estimate of drug-likeness (QED) is 0.531. The number of carbonyl (C=O) groups is 2. The monoisotopic (exact) mass is 419 g/mol. The van der Waals surface area contributed by atoms with Crippen molar-refractivity contribution >= 4 is 17.7 Å². The summed E-state index contributed by atoms with van der Waals surface area (Å²) in [6, 6.07) is 5.67. The Morgan fingerprint density at radius 2 is 1.97 bits per heavy atom. The standard InChI is InChI=1S/C22H33N3O5/c1-5-16(6-2)30-19-12-14(21(26)29-7-3)11-18(23)20(19)25-22(27)24-15-9-8-10-17(13-15)28-4/h8-10,12-13,16,18-20H,5-7,11,23H2,1-4H3,(H2,24,25,27)/t18-,19-,20+/m0/s1. The van der Waals surface area contributed by atoms with Gasteiger partial charge in [-0.05, 0) is 44.4 Å². The van der Waals surface area contributed by atoms with Crippen molar-refractivity contribution in [3.05, 3.63) is 35.9 Å². The molecular weight excluding hydrogens is 386 g/mol. The minimum absolute atomic E-state index is 0.00857. The third kappa shape index (κ3) is 6.47. The molecular formula is C22H33N3O5. The number of anilines is 1. The summed E-state index contributed by atoms with van der Waals surface area (Å²) in [6.07, 6.45) is 3.11. The van der Waals surface area contributed by atoms with Crippen LogP contribution in [0.1, 0.15) is 40.0 Å². The van der Waals surface area contributed by atoms with E-state index in [0.29, 0.717) is 23.4 Å². The predicted octanol–water partition coefficient (Wildman–Crippen LogP) is 2.98. The zero-order chi connectivity index (χ0) is 22.1. The Balaban J connectivity index is 2.17. The van der Waals surface area contributed by atoms with Crippen LogP contribution in [-0.2, 0) is 14.3 Å². The molecule has 0 spiro atoms. The fourth-order valence-corrected chi connectivity index (χ4v) is 3.41. The van der Waals surface area contributed by atoms with Crippen molar-refractivity contribution in [1.29, 1.82) is 0 Å². The van der Waals surface area contributed by atoms with Crippen molar-refractivity contribution < 1.29 is 23.8 Å². The van der Waals surface area contributed by atoms with E-state index in [1.807, 2.05) is 13.8 Å². The molecule has 3 atom stereocenters. The number of urea groups is 1. The number of hydrogen-bond acceptors (Lipinski definition) is 6. The highest BCUT2D eigenvalue weighted by Gasteiger charge is 2.36. The molecule has 1 aliphatic carbocycles. The molecule has 0 aliphatic heterocycles. The van der Waals surface area contributed by atoms with Crippen LogP contribution < -0.4 is 21.1 Å². The Bertz CT molecular complexity index is 748. The molecule has 8 nitrogen and oxygen atoms in total. The topological polar surface area (TPSA) is 112 Å². The van der Waals surface area contributed by atoms with Crippen molar-refractivity contribution in [2.45, 2.75) is 64.3 Å². The normalized spacial score (nSPS) is 21.0. The number of methoxy groups -OCH3 is 1. The fraction of sp³-hybridized carbons (Fsp3) is 0.545. The van der Waals surface area contributed by atoms with Crippen LogP contribution in [0.5, 0.6) is 5.75 Å². The Kier molecular flexibility index (Phi) is 9.14. The number of carbonyl (C=O) groups excluding carboxylic acids is 2. The molecule has 0 saturated carbocycles. The third-order valence-electron chi connectivity index (χ3n) is 5.06. The molecule has 2 rings (SSSR count). The SMILES string of the molecule is CCOC(=O)C1=C[C@H](OC(CC)CC)[C@H](NC(=O)Nc2cccc(OC)c2)[C@@H](N)C1. The van der Waals surface area contributed by atoms with Crippen molar-refractivity contribution in [3.8, 4) is 5.75 Å². The highest BCUT2D eigenvalue weighted by Crippen LogP contribution is 2.24. The molecule has 1 aromatic rings. The first kappa shape index (κ1) is 23.7. The summed E-state index contributed by atoms with van der Waals surface area (Å²) in [5.74, 6) is 0.240. The van der Waals surface area contributed by atoms with Crippen LogP contribution >= 0.6 is 0 Å². The average molecular weight is 420 g/mol. The second kappa shape index (κ2) is 11.6. The van der Waals surface area contributed by atoms with Gasteiger partial charge in [-0.3, -0.25) is 0 Å². The van der Waals surface area contributed by atoms with Crippen molar-refractivity contribution in [1.82, 2.24) is 5.32 Å². The van der Waals surface area contributed by atoms with E-state index in [-0.39, 0.29) is 12.7 Å². The maximum Gasteiger partial charge on any atom is 0.333 e. The molecule has 0 fully saturated rings. The Hall–Kier alpha value is -2.58. The van der Waals surface area contributed by atoms with E-state index in [1.165, 1.54) is 0 Å². The summed E-state index contributed by atoms with van der Waals surface area (Å²) in [7, 11) is 1.56. The smallest absolute Gasteiger partial charge is 0.333 e.